The van der Waals surface area contributed by atoms with E-state index >= 15 is 0 Å². The molecule has 2 nitrogen and oxygen atoms in total. The van der Waals surface area contributed by atoms with Crippen LogP contribution in [0, 0.1) is 0 Å². The minimum atomic E-state index is -2.38. The average molecular weight is 505 g/mol. The minimum absolute atomic E-state index is 0. The molecule has 0 bridgehead atoms. The largest absolute Gasteiger partial charge is 1.00 e. The molecule has 0 aliphatic heterocycles. The van der Waals surface area contributed by atoms with Crippen molar-refractivity contribution >= 4 is 28.8 Å². The van der Waals surface area contributed by atoms with Gasteiger partial charge in [-0.2, -0.15) is 0 Å². The van der Waals surface area contributed by atoms with Crippen LogP contribution < -0.4 is 38.4 Å². The van der Waals surface area contributed by atoms with Crippen LogP contribution in [-0.2, 0) is 26.0 Å². The van der Waals surface area contributed by atoms with Crippen LogP contribution in [0.25, 0.3) is 6.08 Å². The number of benzene rings is 3. The molecule has 141 valence electrons. The van der Waals surface area contributed by atoms with Crippen molar-refractivity contribution < 1.29 is 50.8 Å². The first kappa shape index (κ1) is 22.8. The van der Waals surface area contributed by atoms with Gasteiger partial charge in [0.15, 0.2) is 0 Å². The SMILES string of the molecule is O=C[NH][Zr+2]([CH]1C=Cc2ccccc21)[SiH](c1ccccc1)c1ccccc1.[Cl-].[Cl-]. The monoisotopic (exact) mass is 502 g/mol. The summed E-state index contributed by atoms with van der Waals surface area (Å²) in [7, 11) is 0. The van der Waals surface area contributed by atoms with Crippen molar-refractivity contribution in [2.24, 2.45) is 0 Å². The number of hydrogen-bond acceptors (Lipinski definition) is 1. The fourth-order valence-corrected chi connectivity index (χ4v) is 23.8. The second-order valence-corrected chi connectivity index (χ2v) is 21.1. The molecule has 6 heteroatoms. The van der Waals surface area contributed by atoms with Crippen LogP contribution in [0.4, 0.5) is 0 Å². The van der Waals surface area contributed by atoms with E-state index in [9.17, 15) is 4.79 Å². The van der Waals surface area contributed by atoms with E-state index in [-0.39, 0.29) is 24.8 Å². The molecule has 0 spiro atoms. The zero-order valence-corrected chi connectivity index (χ0v) is 20.3. The molecule has 3 aromatic carbocycles. The van der Waals surface area contributed by atoms with Gasteiger partial charge in [-0.1, -0.05) is 0 Å². The van der Waals surface area contributed by atoms with Crippen molar-refractivity contribution in [3.63, 3.8) is 0 Å². The van der Waals surface area contributed by atoms with Gasteiger partial charge in [-0.3, -0.25) is 0 Å². The van der Waals surface area contributed by atoms with Gasteiger partial charge in [-0.15, -0.1) is 0 Å². The maximum absolute atomic E-state index is 11.6. The maximum Gasteiger partial charge on any atom is -1.00 e. The number of amides is 1. The smallest absolute Gasteiger partial charge is 1.00 e. The third-order valence-corrected chi connectivity index (χ3v) is 24.3. The molecule has 1 atom stereocenters. The van der Waals surface area contributed by atoms with E-state index in [0.29, 0.717) is 3.63 Å². The summed E-state index contributed by atoms with van der Waals surface area (Å²) in [6.45, 7) is 0. The molecular weight excluding hydrogens is 484 g/mol. The van der Waals surface area contributed by atoms with E-state index < -0.39 is 27.1 Å². The van der Waals surface area contributed by atoms with Crippen molar-refractivity contribution in [3.05, 3.63) is 102 Å². The predicted molar refractivity (Wildman–Crippen MR) is 107 cm³/mol. The number of fused-ring (bicyclic) bond motifs is 1. The van der Waals surface area contributed by atoms with Crippen molar-refractivity contribution in [1.82, 2.24) is 3.26 Å². The van der Waals surface area contributed by atoms with Gasteiger partial charge in [0.05, 0.1) is 0 Å². The Morgan fingerprint density at radius 2 is 1.32 bits per heavy atom. The Kier molecular flexibility index (Phi) is 8.91. The molecule has 3 aromatic rings. The zero-order valence-electron chi connectivity index (χ0n) is 15.1. The van der Waals surface area contributed by atoms with Crippen LogP contribution in [0.15, 0.2) is 91.0 Å². The number of carbonyl (C=O) groups is 1. The summed E-state index contributed by atoms with van der Waals surface area (Å²) in [5.41, 5.74) is 2.69. The molecule has 0 aromatic heterocycles. The van der Waals surface area contributed by atoms with Crippen molar-refractivity contribution in [2.75, 3.05) is 0 Å². The standard InChI is InChI=1S/C12H11Si.C9H7.CH3NO.2ClH.Zr/c1-3-7-11(8-4-1)13-12-9-5-2-6-10-12;1-2-5-9-7-3-6-8(9)4-1;2-1-3;;;/h1-10,13H;1-7H;1H,(H2,2,3);2*1H;/q;;;;;+3/p-3. The molecule has 1 unspecified atom stereocenters. The number of allylic oxidation sites excluding steroid dienone is 1. The Morgan fingerprint density at radius 1 is 0.786 bits per heavy atom. The molecule has 28 heavy (non-hydrogen) atoms. The van der Waals surface area contributed by atoms with E-state index in [1.807, 2.05) is 0 Å². The fourth-order valence-electron chi connectivity index (χ4n) is 3.78. The normalized spacial score (nSPS) is 13.8. The quantitative estimate of drug-likeness (QED) is 0.275. The first-order valence-corrected chi connectivity index (χ1v) is 17.5. The second-order valence-electron chi connectivity index (χ2n) is 6.44. The van der Waals surface area contributed by atoms with Gasteiger partial charge in [0.1, 0.15) is 0 Å². The Labute approximate surface area is 187 Å². The van der Waals surface area contributed by atoms with E-state index in [4.69, 9.17) is 0 Å². The number of nitrogens with one attached hydrogen (secondary N) is 1. The fraction of sp³-hybridized carbons (Fsp3) is 0.0455. The van der Waals surface area contributed by atoms with Gasteiger partial charge in [0, 0.05) is 0 Å². The Bertz CT molecular complexity index is 885. The minimum Gasteiger partial charge on any atom is -1.00 e. The van der Waals surface area contributed by atoms with Gasteiger partial charge in [0.25, 0.3) is 0 Å². The van der Waals surface area contributed by atoms with Gasteiger partial charge in [0.2, 0.25) is 0 Å². The summed E-state index contributed by atoms with van der Waals surface area (Å²) in [5, 5.41) is 2.86. The summed E-state index contributed by atoms with van der Waals surface area (Å²) < 4.78 is 3.79. The molecule has 0 radical (unpaired) electrons. The number of halogens is 2. The number of hydrogen-bond donors (Lipinski definition) is 1. The summed E-state index contributed by atoms with van der Waals surface area (Å²) in [6.07, 6.45) is 5.52. The molecule has 1 aliphatic carbocycles. The molecular formula is C22H20Cl2NOSiZr. The van der Waals surface area contributed by atoms with Crippen LogP contribution in [0.1, 0.15) is 14.8 Å². The maximum atomic E-state index is 11.6. The van der Waals surface area contributed by atoms with E-state index in [1.165, 1.54) is 21.5 Å². The molecule has 0 heterocycles. The zero-order chi connectivity index (χ0) is 17.8. The van der Waals surface area contributed by atoms with Crippen molar-refractivity contribution in [3.8, 4) is 0 Å². The summed E-state index contributed by atoms with van der Waals surface area (Å²) in [6, 6.07) is 30.2. The van der Waals surface area contributed by atoms with Crippen LogP contribution in [0.3, 0.4) is 0 Å². The molecule has 1 aliphatic rings. The summed E-state index contributed by atoms with van der Waals surface area (Å²) in [5.74, 6) is -1.49. The van der Waals surface area contributed by atoms with E-state index in [2.05, 4.69) is 100 Å². The van der Waals surface area contributed by atoms with Crippen LogP contribution in [0.2, 0.25) is 0 Å². The first-order valence-electron chi connectivity index (χ1n) is 8.82. The average Bonchev–Trinajstić information content (AvgIpc) is 3.13. The molecule has 0 saturated heterocycles. The Balaban J connectivity index is 0.00000140. The van der Waals surface area contributed by atoms with Gasteiger partial charge in [-0.25, -0.2) is 0 Å². The number of carbonyl (C=O) groups excluding carboxylic acids is 1. The molecule has 0 fully saturated rings. The third kappa shape index (κ3) is 4.75. The molecule has 0 saturated carbocycles. The van der Waals surface area contributed by atoms with Crippen molar-refractivity contribution in [2.45, 2.75) is 3.63 Å². The first-order chi connectivity index (χ1) is 12.9. The molecule has 1 N–H and O–H groups in total. The predicted octanol–water partition coefficient (Wildman–Crippen LogP) is -3.42. The van der Waals surface area contributed by atoms with E-state index in [1.54, 1.807) is 0 Å². The van der Waals surface area contributed by atoms with Crippen LogP contribution >= 0.6 is 0 Å². The van der Waals surface area contributed by atoms with Crippen molar-refractivity contribution in [1.29, 1.82) is 0 Å². The summed E-state index contributed by atoms with van der Waals surface area (Å²) >= 11 is -2.38. The number of rotatable bonds is 6. The van der Waals surface area contributed by atoms with Crippen LogP contribution in [-0.4, -0.2) is 12.3 Å². The second kappa shape index (κ2) is 10.9. The Hall–Kier alpha value is -1.45. The Morgan fingerprint density at radius 3 is 1.89 bits per heavy atom. The van der Waals surface area contributed by atoms with Gasteiger partial charge in [-0.05, 0) is 0 Å². The van der Waals surface area contributed by atoms with E-state index in [0.717, 1.165) is 6.41 Å². The molecule has 4 rings (SSSR count). The van der Waals surface area contributed by atoms with Gasteiger partial charge < -0.3 is 24.8 Å². The topological polar surface area (TPSA) is 29.1 Å². The summed E-state index contributed by atoms with van der Waals surface area (Å²) in [4.78, 5) is 11.6. The third-order valence-electron chi connectivity index (χ3n) is 4.94. The molecule has 1 amide bonds. The van der Waals surface area contributed by atoms with Gasteiger partial charge >= 0.3 is 164 Å². The van der Waals surface area contributed by atoms with Crippen LogP contribution in [0.5, 0.6) is 0 Å².